The smallest absolute Gasteiger partial charge is 0.263 e. The first-order chi connectivity index (χ1) is 12.1. The highest BCUT2D eigenvalue weighted by Crippen LogP contribution is 2.16. The molecule has 2 heterocycles. The molecule has 0 aliphatic carbocycles. The Hall–Kier alpha value is -3.13. The summed E-state index contributed by atoms with van der Waals surface area (Å²) >= 11 is 5.78. The van der Waals surface area contributed by atoms with Crippen LogP contribution in [0.25, 0.3) is 0 Å². The Balaban J connectivity index is 1.50. The lowest BCUT2D eigenvalue weighted by Gasteiger charge is -2.07. The summed E-state index contributed by atoms with van der Waals surface area (Å²) in [6.07, 6.45) is 0. The van der Waals surface area contributed by atoms with Crippen molar-refractivity contribution in [1.82, 2.24) is 15.4 Å². The lowest BCUT2D eigenvalue weighted by Crippen LogP contribution is -2.21. The van der Waals surface area contributed by atoms with Crippen LogP contribution in [0.4, 0.5) is 17.5 Å². The van der Waals surface area contributed by atoms with Gasteiger partial charge in [0.25, 0.3) is 5.91 Å². The summed E-state index contributed by atoms with van der Waals surface area (Å²) in [5, 5.41) is 17.8. The van der Waals surface area contributed by atoms with Gasteiger partial charge in [-0.05, 0) is 43.3 Å². The van der Waals surface area contributed by atoms with Crippen molar-refractivity contribution in [2.24, 2.45) is 0 Å². The molecule has 9 heteroatoms. The van der Waals surface area contributed by atoms with Crippen LogP contribution in [0.5, 0.6) is 5.75 Å². The fourth-order valence-corrected chi connectivity index (χ4v) is 2.01. The Labute approximate surface area is 148 Å². The number of carbonyl (C=O) groups is 1. The summed E-state index contributed by atoms with van der Waals surface area (Å²) in [4.78, 5) is 11.9. The number of anilines is 3. The molecule has 0 unspecified atom stereocenters. The largest absolute Gasteiger partial charge is 0.484 e. The van der Waals surface area contributed by atoms with E-state index in [1.807, 2.05) is 0 Å². The Kier molecular flexibility index (Phi) is 5.10. The van der Waals surface area contributed by atoms with Crippen LogP contribution in [0.3, 0.4) is 0 Å². The van der Waals surface area contributed by atoms with Crippen molar-refractivity contribution in [3.8, 4) is 5.75 Å². The molecule has 0 fully saturated rings. The predicted molar refractivity (Wildman–Crippen MR) is 92.1 cm³/mol. The third-order valence-corrected chi connectivity index (χ3v) is 3.25. The average molecular weight is 360 g/mol. The van der Waals surface area contributed by atoms with Crippen molar-refractivity contribution in [1.29, 1.82) is 0 Å². The highest BCUT2D eigenvalue weighted by Gasteiger charge is 2.07. The van der Waals surface area contributed by atoms with Crippen LogP contribution in [-0.4, -0.2) is 27.9 Å². The average Bonchev–Trinajstić information content (AvgIpc) is 3.01. The van der Waals surface area contributed by atoms with Gasteiger partial charge >= 0.3 is 0 Å². The van der Waals surface area contributed by atoms with Gasteiger partial charge in [0.2, 0.25) is 0 Å². The Morgan fingerprint density at radius 1 is 1.12 bits per heavy atom. The van der Waals surface area contributed by atoms with E-state index in [-0.39, 0.29) is 12.5 Å². The van der Waals surface area contributed by atoms with Crippen molar-refractivity contribution in [3.05, 3.63) is 53.2 Å². The summed E-state index contributed by atoms with van der Waals surface area (Å²) in [5.41, 5.74) is 0. The fraction of sp³-hybridized carbons (Fsp3) is 0.125. The maximum Gasteiger partial charge on any atom is 0.263 e. The predicted octanol–water partition coefficient (Wildman–Crippen LogP) is 3.19. The highest BCUT2D eigenvalue weighted by atomic mass is 35.5. The van der Waals surface area contributed by atoms with Crippen LogP contribution < -0.4 is 15.4 Å². The van der Waals surface area contributed by atoms with E-state index in [0.717, 1.165) is 0 Å². The minimum Gasteiger partial charge on any atom is -0.484 e. The van der Waals surface area contributed by atoms with Gasteiger partial charge in [-0.3, -0.25) is 4.79 Å². The number of aromatic nitrogens is 3. The van der Waals surface area contributed by atoms with Gasteiger partial charge in [0.05, 0.1) is 0 Å². The van der Waals surface area contributed by atoms with E-state index < -0.39 is 0 Å². The molecule has 0 saturated heterocycles. The first-order valence-corrected chi connectivity index (χ1v) is 7.68. The normalized spacial score (nSPS) is 10.3. The zero-order valence-corrected chi connectivity index (χ0v) is 13.9. The Morgan fingerprint density at radius 3 is 2.48 bits per heavy atom. The molecule has 3 aromatic rings. The molecule has 0 bridgehead atoms. The molecule has 128 valence electrons. The van der Waals surface area contributed by atoms with Gasteiger partial charge in [-0.2, -0.15) is 0 Å². The number of carbonyl (C=O) groups excluding carboxylic acids is 1. The number of rotatable bonds is 6. The zero-order chi connectivity index (χ0) is 17.6. The molecule has 0 atom stereocenters. The van der Waals surface area contributed by atoms with E-state index in [1.54, 1.807) is 49.4 Å². The van der Waals surface area contributed by atoms with Crippen LogP contribution in [0.15, 0.2) is 47.0 Å². The molecule has 0 radical (unpaired) electrons. The third-order valence-electron chi connectivity index (χ3n) is 3.00. The van der Waals surface area contributed by atoms with Gasteiger partial charge in [-0.1, -0.05) is 16.8 Å². The molecular formula is C16H14ClN5O3. The lowest BCUT2D eigenvalue weighted by atomic mass is 10.3. The third kappa shape index (κ3) is 4.92. The first-order valence-electron chi connectivity index (χ1n) is 7.31. The van der Waals surface area contributed by atoms with Crippen LogP contribution in [0.2, 0.25) is 5.02 Å². The van der Waals surface area contributed by atoms with Gasteiger partial charge in [0.1, 0.15) is 11.5 Å². The fourth-order valence-electron chi connectivity index (χ4n) is 1.88. The van der Waals surface area contributed by atoms with Crippen molar-refractivity contribution < 1.29 is 14.1 Å². The summed E-state index contributed by atoms with van der Waals surface area (Å²) in [6.45, 7) is 1.64. The van der Waals surface area contributed by atoms with E-state index in [9.17, 15) is 4.79 Å². The molecule has 1 aromatic carbocycles. The molecule has 25 heavy (non-hydrogen) atoms. The van der Waals surface area contributed by atoms with E-state index >= 15 is 0 Å². The van der Waals surface area contributed by atoms with Crippen molar-refractivity contribution in [3.63, 3.8) is 0 Å². The summed E-state index contributed by atoms with van der Waals surface area (Å²) in [7, 11) is 0. The minimum atomic E-state index is -0.350. The van der Waals surface area contributed by atoms with Gasteiger partial charge in [-0.15, -0.1) is 10.2 Å². The van der Waals surface area contributed by atoms with Crippen LogP contribution in [-0.2, 0) is 4.79 Å². The monoisotopic (exact) mass is 359 g/mol. The second kappa shape index (κ2) is 7.63. The second-order valence-corrected chi connectivity index (χ2v) is 5.48. The Bertz CT molecular complexity index is 849. The minimum absolute atomic E-state index is 0.151. The molecular weight excluding hydrogens is 346 g/mol. The van der Waals surface area contributed by atoms with Crippen LogP contribution >= 0.6 is 11.6 Å². The second-order valence-electron chi connectivity index (χ2n) is 5.04. The standard InChI is InChI=1S/C16H14ClN5O3/c1-10-8-15(22-25-10)18-13-6-7-14(21-20-13)19-16(23)9-24-12-4-2-11(17)3-5-12/h2-8H,9H2,1H3,(H,18,20,22)(H,19,21,23). The van der Waals surface area contributed by atoms with Crippen molar-refractivity contribution in [2.75, 3.05) is 17.2 Å². The number of benzene rings is 1. The summed E-state index contributed by atoms with van der Waals surface area (Å²) in [5.74, 6) is 2.19. The number of hydrogen-bond donors (Lipinski definition) is 2. The quantitative estimate of drug-likeness (QED) is 0.696. The molecule has 0 aliphatic heterocycles. The molecule has 0 aliphatic rings. The maximum atomic E-state index is 11.9. The molecule has 2 aromatic heterocycles. The van der Waals surface area contributed by atoms with Crippen LogP contribution in [0.1, 0.15) is 5.76 Å². The SMILES string of the molecule is Cc1cc(Nc2ccc(NC(=O)COc3ccc(Cl)cc3)nn2)no1. The summed E-state index contributed by atoms with van der Waals surface area (Å²) < 4.78 is 10.3. The number of amides is 1. The van der Waals surface area contributed by atoms with E-state index in [4.69, 9.17) is 20.9 Å². The molecule has 2 N–H and O–H groups in total. The first kappa shape index (κ1) is 16.7. The molecule has 0 saturated carbocycles. The topological polar surface area (TPSA) is 102 Å². The van der Waals surface area contributed by atoms with Gasteiger partial charge in [0, 0.05) is 11.1 Å². The van der Waals surface area contributed by atoms with E-state index in [1.165, 1.54) is 0 Å². The zero-order valence-electron chi connectivity index (χ0n) is 13.2. The molecule has 1 amide bonds. The molecule has 0 spiro atoms. The van der Waals surface area contributed by atoms with Gasteiger partial charge in [0.15, 0.2) is 24.1 Å². The van der Waals surface area contributed by atoms with E-state index in [2.05, 4.69) is 26.0 Å². The van der Waals surface area contributed by atoms with Gasteiger partial charge < -0.3 is 19.9 Å². The molecule has 3 rings (SSSR count). The number of aryl methyl sites for hydroxylation is 1. The number of hydrogen-bond acceptors (Lipinski definition) is 7. The van der Waals surface area contributed by atoms with E-state index in [0.29, 0.717) is 34.0 Å². The van der Waals surface area contributed by atoms with Gasteiger partial charge in [-0.25, -0.2) is 0 Å². The van der Waals surface area contributed by atoms with Crippen LogP contribution in [0, 0.1) is 6.92 Å². The van der Waals surface area contributed by atoms with Crippen molar-refractivity contribution in [2.45, 2.75) is 6.92 Å². The highest BCUT2D eigenvalue weighted by molar-refractivity contribution is 6.30. The van der Waals surface area contributed by atoms with Crippen molar-refractivity contribution >= 4 is 35.0 Å². The molecule has 8 nitrogen and oxygen atoms in total. The Morgan fingerprint density at radius 2 is 1.84 bits per heavy atom. The number of ether oxygens (including phenoxy) is 1. The lowest BCUT2D eigenvalue weighted by molar-refractivity contribution is -0.118. The number of nitrogens with zero attached hydrogens (tertiary/aromatic N) is 3. The maximum absolute atomic E-state index is 11.9. The number of halogens is 1. The summed E-state index contributed by atoms with van der Waals surface area (Å²) in [6, 6.07) is 11.7. The number of nitrogens with one attached hydrogen (secondary N) is 2.